The van der Waals surface area contributed by atoms with Crippen LogP contribution >= 0.6 is 0 Å². The number of pyridine rings is 1. The van der Waals surface area contributed by atoms with Gasteiger partial charge in [-0.15, -0.1) is 0 Å². The SMILES string of the molecule is CNCCCCOCCCc1ccncc1. The van der Waals surface area contributed by atoms with Crippen LogP contribution in [0.4, 0.5) is 0 Å². The highest BCUT2D eigenvalue weighted by Crippen LogP contribution is 2.01. The third kappa shape index (κ3) is 6.53. The van der Waals surface area contributed by atoms with Gasteiger partial charge in [0.2, 0.25) is 0 Å². The van der Waals surface area contributed by atoms with Crippen molar-refractivity contribution >= 4 is 0 Å². The van der Waals surface area contributed by atoms with Crippen LogP contribution in [-0.4, -0.2) is 31.8 Å². The number of hydrogen-bond donors (Lipinski definition) is 1. The summed E-state index contributed by atoms with van der Waals surface area (Å²) in [5.74, 6) is 0. The van der Waals surface area contributed by atoms with Crippen LogP contribution in [0.1, 0.15) is 24.8 Å². The van der Waals surface area contributed by atoms with E-state index in [1.54, 1.807) is 0 Å². The van der Waals surface area contributed by atoms with E-state index in [0.29, 0.717) is 0 Å². The molecule has 1 heterocycles. The lowest BCUT2D eigenvalue weighted by molar-refractivity contribution is 0.128. The number of nitrogens with zero attached hydrogens (tertiary/aromatic N) is 1. The van der Waals surface area contributed by atoms with E-state index >= 15 is 0 Å². The molecule has 0 spiro atoms. The minimum Gasteiger partial charge on any atom is -0.381 e. The maximum absolute atomic E-state index is 5.56. The lowest BCUT2D eigenvalue weighted by atomic mass is 10.1. The number of aromatic nitrogens is 1. The molecule has 0 unspecified atom stereocenters. The van der Waals surface area contributed by atoms with Gasteiger partial charge in [0, 0.05) is 25.6 Å². The molecule has 0 amide bonds. The number of aryl methyl sites for hydroxylation is 1. The molecule has 0 aliphatic heterocycles. The first-order valence-electron chi connectivity index (χ1n) is 6.04. The first kappa shape index (κ1) is 13.1. The van der Waals surface area contributed by atoms with Gasteiger partial charge < -0.3 is 10.1 Å². The second-order valence-corrected chi connectivity index (χ2v) is 3.88. The zero-order valence-corrected chi connectivity index (χ0v) is 10.1. The Labute approximate surface area is 98.2 Å². The molecule has 0 fully saturated rings. The highest BCUT2D eigenvalue weighted by molar-refractivity contribution is 5.09. The van der Waals surface area contributed by atoms with Crippen LogP contribution in [0.3, 0.4) is 0 Å². The fourth-order valence-electron chi connectivity index (χ4n) is 1.54. The number of hydrogen-bond acceptors (Lipinski definition) is 3. The van der Waals surface area contributed by atoms with Gasteiger partial charge >= 0.3 is 0 Å². The van der Waals surface area contributed by atoms with Gasteiger partial charge in [0.1, 0.15) is 0 Å². The van der Waals surface area contributed by atoms with E-state index in [-0.39, 0.29) is 0 Å². The van der Waals surface area contributed by atoms with Crippen LogP contribution in [0, 0.1) is 0 Å². The van der Waals surface area contributed by atoms with Crippen LogP contribution in [0.2, 0.25) is 0 Å². The summed E-state index contributed by atoms with van der Waals surface area (Å²) in [6.07, 6.45) is 8.20. The molecule has 1 N–H and O–H groups in total. The summed E-state index contributed by atoms with van der Waals surface area (Å²) in [6.45, 7) is 2.83. The molecule has 1 aromatic heterocycles. The highest BCUT2D eigenvalue weighted by Gasteiger charge is 1.93. The van der Waals surface area contributed by atoms with Crippen molar-refractivity contribution in [3.05, 3.63) is 30.1 Å². The summed E-state index contributed by atoms with van der Waals surface area (Å²) in [7, 11) is 1.98. The average Bonchev–Trinajstić information content (AvgIpc) is 2.34. The summed E-state index contributed by atoms with van der Waals surface area (Å²) in [4.78, 5) is 3.99. The van der Waals surface area contributed by atoms with Crippen LogP contribution in [0.15, 0.2) is 24.5 Å². The molecular formula is C13H22N2O. The predicted molar refractivity (Wildman–Crippen MR) is 66.5 cm³/mol. The first-order chi connectivity index (χ1) is 7.93. The van der Waals surface area contributed by atoms with Gasteiger partial charge in [-0.3, -0.25) is 4.98 Å². The van der Waals surface area contributed by atoms with Crippen LogP contribution in [0.5, 0.6) is 0 Å². The molecule has 0 saturated carbocycles. The summed E-state index contributed by atoms with van der Waals surface area (Å²) in [5.41, 5.74) is 1.34. The summed E-state index contributed by atoms with van der Waals surface area (Å²) in [5, 5.41) is 3.13. The Morgan fingerprint density at radius 1 is 1.12 bits per heavy atom. The zero-order valence-electron chi connectivity index (χ0n) is 10.1. The van der Waals surface area contributed by atoms with Crippen molar-refractivity contribution in [2.75, 3.05) is 26.8 Å². The zero-order chi connectivity index (χ0) is 11.5. The van der Waals surface area contributed by atoms with E-state index in [0.717, 1.165) is 39.0 Å². The maximum Gasteiger partial charge on any atom is 0.0469 e. The van der Waals surface area contributed by atoms with E-state index in [1.165, 1.54) is 12.0 Å². The largest absolute Gasteiger partial charge is 0.381 e. The molecule has 1 rings (SSSR count). The molecule has 0 radical (unpaired) electrons. The molecule has 1 aromatic rings. The van der Waals surface area contributed by atoms with Crippen molar-refractivity contribution in [1.82, 2.24) is 10.3 Å². The molecule has 0 aliphatic rings. The lowest BCUT2D eigenvalue weighted by Crippen LogP contribution is -2.08. The Bertz CT molecular complexity index is 251. The molecule has 90 valence electrons. The van der Waals surface area contributed by atoms with E-state index < -0.39 is 0 Å². The van der Waals surface area contributed by atoms with Crippen LogP contribution in [0.25, 0.3) is 0 Å². The molecule has 0 aromatic carbocycles. The van der Waals surface area contributed by atoms with Gasteiger partial charge in [0.25, 0.3) is 0 Å². The number of nitrogens with one attached hydrogen (secondary N) is 1. The lowest BCUT2D eigenvalue weighted by Gasteiger charge is -2.04. The smallest absolute Gasteiger partial charge is 0.0469 e. The third-order valence-corrected chi connectivity index (χ3v) is 2.47. The van der Waals surface area contributed by atoms with E-state index in [4.69, 9.17) is 4.74 Å². The maximum atomic E-state index is 5.56. The van der Waals surface area contributed by atoms with Gasteiger partial charge in [-0.1, -0.05) is 0 Å². The number of rotatable bonds is 9. The fraction of sp³-hybridized carbons (Fsp3) is 0.615. The second kappa shape index (κ2) is 9.31. The average molecular weight is 222 g/mol. The van der Waals surface area contributed by atoms with Crippen molar-refractivity contribution in [3.8, 4) is 0 Å². The van der Waals surface area contributed by atoms with Crippen LogP contribution < -0.4 is 5.32 Å². The van der Waals surface area contributed by atoms with E-state index in [2.05, 4.69) is 22.4 Å². The van der Waals surface area contributed by atoms with Gasteiger partial charge in [-0.05, 0) is 57.0 Å². The standard InChI is InChI=1S/C13H22N2O/c1-14-8-2-3-11-16-12-4-5-13-6-9-15-10-7-13/h6-7,9-10,14H,2-5,8,11-12H2,1H3. The van der Waals surface area contributed by atoms with E-state index in [9.17, 15) is 0 Å². The first-order valence-corrected chi connectivity index (χ1v) is 6.04. The molecule has 0 saturated heterocycles. The summed E-state index contributed by atoms with van der Waals surface area (Å²) < 4.78 is 5.56. The van der Waals surface area contributed by atoms with Gasteiger partial charge in [0.05, 0.1) is 0 Å². The Morgan fingerprint density at radius 2 is 1.88 bits per heavy atom. The Morgan fingerprint density at radius 3 is 2.62 bits per heavy atom. The second-order valence-electron chi connectivity index (χ2n) is 3.88. The van der Waals surface area contributed by atoms with Crippen molar-refractivity contribution in [3.63, 3.8) is 0 Å². The third-order valence-electron chi connectivity index (χ3n) is 2.47. The number of ether oxygens (including phenoxy) is 1. The highest BCUT2D eigenvalue weighted by atomic mass is 16.5. The fourth-order valence-corrected chi connectivity index (χ4v) is 1.54. The Hall–Kier alpha value is -0.930. The molecule has 3 heteroatoms. The molecule has 16 heavy (non-hydrogen) atoms. The van der Waals surface area contributed by atoms with Gasteiger partial charge in [-0.2, -0.15) is 0 Å². The Kier molecular flexibility index (Phi) is 7.64. The summed E-state index contributed by atoms with van der Waals surface area (Å²) in [6, 6.07) is 4.12. The van der Waals surface area contributed by atoms with Crippen LogP contribution in [-0.2, 0) is 11.2 Å². The quantitative estimate of drug-likeness (QED) is 0.649. The van der Waals surface area contributed by atoms with Crippen molar-refractivity contribution in [1.29, 1.82) is 0 Å². The molecule has 0 aliphatic carbocycles. The van der Waals surface area contributed by atoms with Gasteiger partial charge in [0.15, 0.2) is 0 Å². The molecular weight excluding hydrogens is 200 g/mol. The summed E-state index contributed by atoms with van der Waals surface area (Å²) >= 11 is 0. The van der Waals surface area contributed by atoms with E-state index in [1.807, 2.05) is 19.4 Å². The predicted octanol–water partition coefficient (Wildman–Crippen LogP) is 2.03. The Balaban J connectivity index is 1.89. The normalized spacial score (nSPS) is 10.6. The molecule has 0 atom stereocenters. The topological polar surface area (TPSA) is 34.1 Å². The van der Waals surface area contributed by atoms with Crippen molar-refractivity contribution < 1.29 is 4.74 Å². The minimum atomic E-state index is 0.863. The monoisotopic (exact) mass is 222 g/mol. The molecule has 0 bridgehead atoms. The minimum absolute atomic E-state index is 0.863. The molecule has 3 nitrogen and oxygen atoms in total. The van der Waals surface area contributed by atoms with Crippen molar-refractivity contribution in [2.24, 2.45) is 0 Å². The number of unbranched alkanes of at least 4 members (excludes halogenated alkanes) is 1. The van der Waals surface area contributed by atoms with Crippen molar-refractivity contribution in [2.45, 2.75) is 25.7 Å². The van der Waals surface area contributed by atoms with Gasteiger partial charge in [-0.25, -0.2) is 0 Å².